The summed E-state index contributed by atoms with van der Waals surface area (Å²) in [6, 6.07) is 9.55. The number of rotatable bonds is 10. The fraction of sp³-hybridized carbons (Fsp3) is 0.565. The third-order valence-corrected chi connectivity index (χ3v) is 6.52. The SMILES string of the molecule is N#Cc1cccc(-c2nc(COCCCCCCN3C[C@H](O)[C@@H](O)[C@H](O)[C@@H](O)C3)cs2)c1. The van der Waals surface area contributed by atoms with Crippen LogP contribution in [0.15, 0.2) is 29.6 Å². The lowest BCUT2D eigenvalue weighted by Gasteiger charge is -2.23. The fourth-order valence-corrected chi connectivity index (χ4v) is 4.56. The van der Waals surface area contributed by atoms with Gasteiger partial charge in [-0.15, -0.1) is 11.3 Å². The number of hydrogen-bond acceptors (Lipinski definition) is 9. The van der Waals surface area contributed by atoms with Crippen molar-refractivity contribution in [3.63, 3.8) is 0 Å². The van der Waals surface area contributed by atoms with Gasteiger partial charge in [0.2, 0.25) is 0 Å². The predicted molar refractivity (Wildman–Crippen MR) is 121 cm³/mol. The molecule has 9 heteroatoms. The molecule has 174 valence electrons. The monoisotopic (exact) mass is 461 g/mol. The van der Waals surface area contributed by atoms with Gasteiger partial charge in [0, 0.05) is 30.6 Å². The van der Waals surface area contributed by atoms with E-state index in [4.69, 9.17) is 10.00 Å². The highest BCUT2D eigenvalue weighted by Crippen LogP contribution is 2.24. The molecule has 4 N–H and O–H groups in total. The van der Waals surface area contributed by atoms with E-state index in [1.807, 2.05) is 28.5 Å². The van der Waals surface area contributed by atoms with E-state index in [9.17, 15) is 20.4 Å². The van der Waals surface area contributed by atoms with Crippen molar-refractivity contribution in [3.8, 4) is 16.6 Å². The minimum Gasteiger partial charge on any atom is -0.389 e. The lowest BCUT2D eigenvalue weighted by atomic mass is 10.1. The predicted octanol–water partition coefficient (Wildman–Crippen LogP) is 1.52. The van der Waals surface area contributed by atoms with Crippen molar-refractivity contribution in [2.45, 2.75) is 56.7 Å². The highest BCUT2D eigenvalue weighted by Gasteiger charge is 2.35. The molecule has 1 aromatic heterocycles. The highest BCUT2D eigenvalue weighted by molar-refractivity contribution is 7.13. The topological polar surface area (TPSA) is 130 Å². The van der Waals surface area contributed by atoms with Crippen molar-refractivity contribution < 1.29 is 25.2 Å². The molecule has 0 radical (unpaired) electrons. The molecule has 1 aliphatic rings. The Hall–Kier alpha value is -1.90. The van der Waals surface area contributed by atoms with Gasteiger partial charge in [-0.2, -0.15) is 5.26 Å². The van der Waals surface area contributed by atoms with Crippen LogP contribution >= 0.6 is 11.3 Å². The molecule has 2 aromatic rings. The maximum atomic E-state index is 9.90. The molecule has 8 nitrogen and oxygen atoms in total. The number of likely N-dealkylation sites (tertiary alicyclic amines) is 1. The average molecular weight is 462 g/mol. The Kier molecular flexibility index (Phi) is 9.56. The molecule has 0 unspecified atom stereocenters. The van der Waals surface area contributed by atoms with Crippen LogP contribution in [0, 0.1) is 11.3 Å². The minimum atomic E-state index is -1.32. The summed E-state index contributed by atoms with van der Waals surface area (Å²) in [6.07, 6.45) is -0.908. The number of thiazole rings is 1. The largest absolute Gasteiger partial charge is 0.389 e. The quantitative estimate of drug-likeness (QED) is 0.392. The van der Waals surface area contributed by atoms with Crippen LogP contribution in [-0.4, -0.2) is 81.0 Å². The van der Waals surface area contributed by atoms with Crippen LogP contribution in [0.5, 0.6) is 0 Å². The van der Waals surface area contributed by atoms with E-state index in [0.717, 1.165) is 41.9 Å². The van der Waals surface area contributed by atoms with Gasteiger partial charge in [-0.1, -0.05) is 25.0 Å². The van der Waals surface area contributed by atoms with E-state index >= 15 is 0 Å². The molecule has 2 heterocycles. The van der Waals surface area contributed by atoms with E-state index in [2.05, 4.69) is 11.1 Å². The van der Waals surface area contributed by atoms with Gasteiger partial charge in [-0.25, -0.2) is 4.98 Å². The van der Waals surface area contributed by atoms with E-state index in [1.54, 1.807) is 17.4 Å². The highest BCUT2D eigenvalue weighted by atomic mass is 32.1. The zero-order valence-corrected chi connectivity index (χ0v) is 18.8. The van der Waals surface area contributed by atoms with Crippen LogP contribution < -0.4 is 0 Å². The van der Waals surface area contributed by atoms with Crippen molar-refractivity contribution in [3.05, 3.63) is 40.9 Å². The lowest BCUT2D eigenvalue weighted by molar-refractivity contribution is -0.0894. The summed E-state index contributed by atoms with van der Waals surface area (Å²) in [7, 11) is 0. The van der Waals surface area contributed by atoms with Crippen molar-refractivity contribution >= 4 is 11.3 Å². The molecule has 4 atom stereocenters. The number of ether oxygens (including phenoxy) is 1. The van der Waals surface area contributed by atoms with Crippen LogP contribution in [0.1, 0.15) is 36.9 Å². The van der Waals surface area contributed by atoms with Gasteiger partial charge in [0.1, 0.15) is 17.2 Å². The third-order valence-electron chi connectivity index (χ3n) is 5.58. The van der Waals surface area contributed by atoms with Crippen LogP contribution in [0.25, 0.3) is 10.6 Å². The van der Waals surface area contributed by atoms with E-state index in [-0.39, 0.29) is 13.1 Å². The van der Waals surface area contributed by atoms with E-state index in [0.29, 0.717) is 25.3 Å². The van der Waals surface area contributed by atoms with Gasteiger partial charge in [-0.3, -0.25) is 4.90 Å². The number of hydrogen-bond donors (Lipinski definition) is 4. The van der Waals surface area contributed by atoms with Gasteiger partial charge >= 0.3 is 0 Å². The third kappa shape index (κ3) is 7.05. The number of aromatic nitrogens is 1. The van der Waals surface area contributed by atoms with Gasteiger partial charge in [0.05, 0.1) is 36.1 Å². The number of nitrogens with zero attached hydrogens (tertiary/aromatic N) is 3. The molecule has 32 heavy (non-hydrogen) atoms. The second kappa shape index (κ2) is 12.4. The molecular weight excluding hydrogens is 430 g/mol. The molecule has 1 fully saturated rings. The van der Waals surface area contributed by atoms with Crippen LogP contribution in [0.4, 0.5) is 0 Å². The van der Waals surface area contributed by atoms with Crippen molar-refractivity contribution in [1.29, 1.82) is 5.26 Å². The van der Waals surface area contributed by atoms with Gasteiger partial charge in [-0.05, 0) is 31.5 Å². The standard InChI is InChI=1S/C23H31N3O5S/c24-11-16-6-5-7-17(10-16)23-25-18(15-32-23)14-31-9-4-2-1-3-8-26-12-19(27)21(29)22(30)20(28)13-26/h5-7,10,15,19-22,27-30H,1-4,8-9,12-14H2/t19-,20-,21+,22+/m0/s1. The summed E-state index contributed by atoms with van der Waals surface area (Å²) >= 11 is 1.54. The van der Waals surface area contributed by atoms with Crippen LogP contribution in [0.3, 0.4) is 0 Å². The zero-order valence-electron chi connectivity index (χ0n) is 18.0. The number of aliphatic hydroxyl groups is 4. The lowest BCUT2D eigenvalue weighted by Crippen LogP contribution is -2.43. The Balaban J connectivity index is 1.28. The molecule has 1 aromatic carbocycles. The van der Waals surface area contributed by atoms with E-state index in [1.165, 1.54) is 0 Å². The van der Waals surface area contributed by atoms with Gasteiger partial charge in [0.15, 0.2) is 0 Å². The Bertz CT molecular complexity index is 871. The maximum absolute atomic E-state index is 9.90. The first kappa shape index (κ1) is 24.7. The normalized spacial score (nSPS) is 24.2. The number of β-amino-alcohol motifs (C(OH)–C–C–N with tert-alkyl or cyclic N) is 2. The molecule has 0 saturated carbocycles. The maximum Gasteiger partial charge on any atom is 0.123 e. The van der Waals surface area contributed by atoms with Crippen LogP contribution in [0.2, 0.25) is 0 Å². The molecule has 1 saturated heterocycles. The number of nitriles is 1. The Morgan fingerprint density at radius 3 is 2.50 bits per heavy atom. The Labute approximate surface area is 192 Å². The first-order chi connectivity index (χ1) is 15.5. The molecule has 0 spiro atoms. The second-order valence-electron chi connectivity index (χ2n) is 8.18. The summed E-state index contributed by atoms with van der Waals surface area (Å²) in [6.45, 7) is 2.30. The molecule has 3 rings (SSSR count). The second-order valence-corrected chi connectivity index (χ2v) is 9.04. The smallest absolute Gasteiger partial charge is 0.123 e. The van der Waals surface area contributed by atoms with Crippen molar-refractivity contribution in [2.24, 2.45) is 0 Å². The number of unbranched alkanes of at least 4 members (excludes halogenated alkanes) is 3. The van der Waals surface area contributed by atoms with Crippen LogP contribution in [-0.2, 0) is 11.3 Å². The molecule has 0 amide bonds. The number of benzene rings is 1. The Morgan fingerprint density at radius 2 is 1.78 bits per heavy atom. The minimum absolute atomic E-state index is 0.245. The van der Waals surface area contributed by atoms with E-state index < -0.39 is 24.4 Å². The summed E-state index contributed by atoms with van der Waals surface area (Å²) in [5.74, 6) is 0. The summed E-state index contributed by atoms with van der Waals surface area (Å²) < 4.78 is 5.74. The first-order valence-corrected chi connectivity index (χ1v) is 11.8. The van der Waals surface area contributed by atoms with Crippen molar-refractivity contribution in [2.75, 3.05) is 26.2 Å². The van der Waals surface area contributed by atoms with Gasteiger partial charge < -0.3 is 25.2 Å². The van der Waals surface area contributed by atoms with Gasteiger partial charge in [0.25, 0.3) is 0 Å². The first-order valence-electron chi connectivity index (χ1n) is 10.9. The number of aliphatic hydroxyl groups excluding tert-OH is 4. The molecule has 1 aliphatic heterocycles. The summed E-state index contributed by atoms with van der Waals surface area (Å²) in [5.41, 5.74) is 2.44. The molecule has 0 bridgehead atoms. The zero-order chi connectivity index (χ0) is 22.9. The molecular formula is C23H31N3O5S. The molecule has 0 aliphatic carbocycles. The fourth-order valence-electron chi connectivity index (χ4n) is 3.75. The average Bonchev–Trinajstić information content (AvgIpc) is 3.25. The Morgan fingerprint density at radius 1 is 1.06 bits per heavy atom. The summed E-state index contributed by atoms with van der Waals surface area (Å²) in [4.78, 5) is 6.47. The van der Waals surface area contributed by atoms with Crippen molar-refractivity contribution in [1.82, 2.24) is 9.88 Å². The summed E-state index contributed by atoms with van der Waals surface area (Å²) in [5, 5.41) is 51.2.